The van der Waals surface area contributed by atoms with Gasteiger partial charge in [0.15, 0.2) is 0 Å². The van der Waals surface area contributed by atoms with Gasteiger partial charge in [0.1, 0.15) is 18.0 Å². The van der Waals surface area contributed by atoms with Crippen molar-refractivity contribution in [3.05, 3.63) is 60.2 Å². The lowest BCUT2D eigenvalue weighted by molar-refractivity contribution is 0.597. The molecule has 1 aromatic heterocycles. The molecule has 1 heterocycles. The van der Waals surface area contributed by atoms with E-state index in [9.17, 15) is 12.8 Å². The van der Waals surface area contributed by atoms with Crippen molar-refractivity contribution in [2.75, 3.05) is 5.32 Å². The number of rotatable bonds is 4. The van der Waals surface area contributed by atoms with Crippen LogP contribution in [0.3, 0.4) is 0 Å². The van der Waals surface area contributed by atoms with Gasteiger partial charge in [-0.3, -0.25) is 0 Å². The van der Waals surface area contributed by atoms with Crippen LogP contribution < -0.4 is 10.5 Å². The van der Waals surface area contributed by atoms with Crippen molar-refractivity contribution < 1.29 is 12.8 Å². The molecule has 0 radical (unpaired) electrons. The van der Waals surface area contributed by atoms with Crippen molar-refractivity contribution in [1.82, 2.24) is 9.97 Å². The van der Waals surface area contributed by atoms with E-state index in [2.05, 4.69) is 15.3 Å². The second-order valence-electron chi connectivity index (χ2n) is 4.93. The van der Waals surface area contributed by atoms with Crippen LogP contribution in [0.2, 0.25) is 0 Å². The Morgan fingerprint density at radius 3 is 2.52 bits per heavy atom. The van der Waals surface area contributed by atoms with Gasteiger partial charge in [0, 0.05) is 11.9 Å². The molecule has 0 aliphatic rings. The summed E-state index contributed by atoms with van der Waals surface area (Å²) in [6, 6.07) is 10.5. The zero-order valence-electron chi connectivity index (χ0n) is 11.9. The van der Waals surface area contributed by atoms with Crippen LogP contribution in [0, 0.1) is 5.82 Å². The van der Waals surface area contributed by atoms with E-state index in [4.69, 9.17) is 5.14 Å². The number of fused-ring (bicyclic) bond motifs is 1. The third-order valence-electron chi connectivity index (χ3n) is 3.31. The third kappa shape index (κ3) is 3.43. The Hall–Kier alpha value is -2.58. The van der Waals surface area contributed by atoms with E-state index in [1.807, 2.05) is 0 Å². The first-order chi connectivity index (χ1) is 10.9. The van der Waals surface area contributed by atoms with Gasteiger partial charge < -0.3 is 5.32 Å². The highest BCUT2D eigenvalue weighted by atomic mass is 32.2. The Labute approximate surface area is 132 Å². The van der Waals surface area contributed by atoms with Crippen LogP contribution in [0.25, 0.3) is 10.9 Å². The summed E-state index contributed by atoms with van der Waals surface area (Å²) in [4.78, 5) is 8.25. The third-order valence-corrected chi connectivity index (χ3v) is 4.24. The molecule has 0 atom stereocenters. The first-order valence-corrected chi connectivity index (χ1v) is 8.24. The normalized spacial score (nSPS) is 11.6. The molecule has 23 heavy (non-hydrogen) atoms. The van der Waals surface area contributed by atoms with Crippen molar-refractivity contribution in [2.24, 2.45) is 5.14 Å². The lowest BCUT2D eigenvalue weighted by Crippen LogP contribution is -2.12. The number of nitrogens with two attached hydrogens (primary N) is 1. The second-order valence-corrected chi connectivity index (χ2v) is 6.49. The minimum Gasteiger partial charge on any atom is -0.365 e. The Morgan fingerprint density at radius 2 is 1.83 bits per heavy atom. The summed E-state index contributed by atoms with van der Waals surface area (Å²) < 4.78 is 35.8. The van der Waals surface area contributed by atoms with Gasteiger partial charge in [-0.05, 0) is 35.9 Å². The number of nitrogens with zero attached hydrogens (tertiary/aromatic N) is 2. The van der Waals surface area contributed by atoms with Crippen LogP contribution in [0.15, 0.2) is 53.7 Å². The monoisotopic (exact) mass is 332 g/mol. The molecule has 8 heteroatoms. The number of benzene rings is 2. The predicted octanol–water partition coefficient (Wildman–Crippen LogP) is 2.03. The lowest BCUT2D eigenvalue weighted by atomic mass is 10.2. The Morgan fingerprint density at radius 1 is 1.09 bits per heavy atom. The molecular formula is C15H13FN4O2S. The zero-order chi connectivity index (χ0) is 16.4. The van der Waals surface area contributed by atoms with Crippen molar-refractivity contribution >= 4 is 26.7 Å². The van der Waals surface area contributed by atoms with Crippen LogP contribution in [0.1, 0.15) is 5.56 Å². The Kier molecular flexibility index (Phi) is 3.93. The van der Waals surface area contributed by atoms with E-state index in [0.29, 0.717) is 23.3 Å². The average molecular weight is 332 g/mol. The van der Waals surface area contributed by atoms with E-state index >= 15 is 0 Å². The van der Waals surface area contributed by atoms with Gasteiger partial charge in [-0.1, -0.05) is 12.1 Å². The number of hydrogen-bond acceptors (Lipinski definition) is 5. The number of hydrogen-bond donors (Lipinski definition) is 2. The number of nitrogens with one attached hydrogen (secondary N) is 1. The van der Waals surface area contributed by atoms with Crippen molar-refractivity contribution in [1.29, 1.82) is 0 Å². The summed E-state index contributed by atoms with van der Waals surface area (Å²) in [6.07, 6.45) is 1.40. The lowest BCUT2D eigenvalue weighted by Gasteiger charge is -2.09. The molecule has 0 spiro atoms. The van der Waals surface area contributed by atoms with Crippen molar-refractivity contribution in [3.63, 3.8) is 0 Å². The maximum atomic E-state index is 13.4. The zero-order valence-corrected chi connectivity index (χ0v) is 12.7. The van der Waals surface area contributed by atoms with Gasteiger partial charge in [0.25, 0.3) is 0 Å². The maximum Gasteiger partial charge on any atom is 0.238 e. The molecule has 0 bridgehead atoms. The molecule has 0 aliphatic heterocycles. The summed E-state index contributed by atoms with van der Waals surface area (Å²) in [7, 11) is -3.70. The van der Waals surface area contributed by atoms with Gasteiger partial charge in [-0.15, -0.1) is 0 Å². The molecule has 0 unspecified atom stereocenters. The molecule has 3 aromatic rings. The molecule has 3 rings (SSSR count). The highest BCUT2D eigenvalue weighted by Crippen LogP contribution is 2.20. The van der Waals surface area contributed by atoms with Crippen molar-refractivity contribution in [2.45, 2.75) is 11.4 Å². The number of anilines is 1. The summed E-state index contributed by atoms with van der Waals surface area (Å²) in [5, 5.41) is 8.72. The van der Waals surface area contributed by atoms with Crippen molar-refractivity contribution in [3.8, 4) is 0 Å². The summed E-state index contributed by atoms with van der Waals surface area (Å²) >= 11 is 0. The molecular weight excluding hydrogens is 319 g/mol. The number of halogens is 1. The smallest absolute Gasteiger partial charge is 0.238 e. The summed E-state index contributed by atoms with van der Waals surface area (Å²) in [5.74, 6) is 0.137. The van der Waals surface area contributed by atoms with E-state index < -0.39 is 10.0 Å². The van der Waals surface area contributed by atoms with E-state index in [1.165, 1.54) is 30.6 Å². The quantitative estimate of drug-likeness (QED) is 0.762. The van der Waals surface area contributed by atoms with Crippen LogP contribution in [-0.2, 0) is 16.6 Å². The topological polar surface area (TPSA) is 98.0 Å². The fraction of sp³-hybridized carbons (Fsp3) is 0.0667. The maximum absolute atomic E-state index is 13.4. The molecule has 2 aromatic carbocycles. The Balaban J connectivity index is 1.82. The van der Waals surface area contributed by atoms with E-state index in [1.54, 1.807) is 18.2 Å². The molecule has 0 saturated heterocycles. The molecule has 0 aliphatic carbocycles. The highest BCUT2D eigenvalue weighted by Gasteiger charge is 2.08. The molecule has 0 saturated carbocycles. The molecule has 3 N–H and O–H groups in total. The molecule has 118 valence electrons. The van der Waals surface area contributed by atoms with Crippen LogP contribution in [0.5, 0.6) is 0 Å². The minimum atomic E-state index is -3.70. The molecule has 0 fully saturated rings. The number of primary sulfonamides is 1. The van der Waals surface area contributed by atoms with Crippen LogP contribution in [0.4, 0.5) is 10.2 Å². The largest absolute Gasteiger partial charge is 0.365 e. The fourth-order valence-corrected chi connectivity index (χ4v) is 2.67. The first-order valence-electron chi connectivity index (χ1n) is 6.69. The first kappa shape index (κ1) is 15.3. The molecule has 6 nitrogen and oxygen atoms in total. The second kappa shape index (κ2) is 5.90. The van der Waals surface area contributed by atoms with E-state index in [0.717, 1.165) is 5.56 Å². The van der Waals surface area contributed by atoms with Gasteiger partial charge in [-0.2, -0.15) is 0 Å². The molecule has 0 amide bonds. The Bertz CT molecular complexity index is 959. The predicted molar refractivity (Wildman–Crippen MR) is 84.6 cm³/mol. The van der Waals surface area contributed by atoms with Crippen LogP contribution in [-0.4, -0.2) is 18.4 Å². The van der Waals surface area contributed by atoms with Gasteiger partial charge >= 0.3 is 0 Å². The SMILES string of the molecule is NS(=O)(=O)c1ccc(CNc2ncnc3ccc(F)cc23)cc1. The minimum absolute atomic E-state index is 0.0517. The highest BCUT2D eigenvalue weighted by molar-refractivity contribution is 7.89. The number of sulfonamides is 1. The van der Waals surface area contributed by atoms with E-state index in [-0.39, 0.29) is 10.7 Å². The van der Waals surface area contributed by atoms with Gasteiger partial charge in [0.2, 0.25) is 10.0 Å². The number of aromatic nitrogens is 2. The standard InChI is InChI=1S/C15H13FN4O2S/c16-11-3-6-14-13(7-11)15(20-9-19-14)18-8-10-1-4-12(5-2-10)23(17,21)22/h1-7,9H,8H2,(H2,17,21,22)(H,18,19,20). The van der Waals surface area contributed by atoms with Crippen LogP contribution >= 0.6 is 0 Å². The van der Waals surface area contributed by atoms with Gasteiger partial charge in [0.05, 0.1) is 10.4 Å². The summed E-state index contributed by atoms with van der Waals surface area (Å²) in [5.41, 5.74) is 1.47. The average Bonchev–Trinajstić information content (AvgIpc) is 2.52. The van der Waals surface area contributed by atoms with Gasteiger partial charge in [-0.25, -0.2) is 27.9 Å². The fourth-order valence-electron chi connectivity index (χ4n) is 2.15. The summed E-state index contributed by atoms with van der Waals surface area (Å²) in [6.45, 7) is 0.396.